The molecule has 19 heavy (non-hydrogen) atoms. The Labute approximate surface area is 116 Å². The van der Waals surface area contributed by atoms with Crippen LogP contribution in [0.25, 0.3) is 11.0 Å². The first kappa shape index (κ1) is 14.1. The Morgan fingerprint density at radius 1 is 1.21 bits per heavy atom. The van der Waals surface area contributed by atoms with Crippen LogP contribution in [0.4, 0.5) is 0 Å². The fraction of sp³-hybridized carbons (Fsp3) is 0.529. The third-order valence-electron chi connectivity index (χ3n) is 3.64. The molecule has 0 bridgehead atoms. The molecule has 0 amide bonds. The SMILES string of the molecule is CCCNC(CCc1cc2ccccc2o1)C(C)C. The summed E-state index contributed by atoms with van der Waals surface area (Å²) in [6.45, 7) is 7.88. The predicted octanol–water partition coefficient (Wildman–Crippen LogP) is 4.39. The van der Waals surface area contributed by atoms with Gasteiger partial charge in [-0.15, -0.1) is 0 Å². The highest BCUT2D eigenvalue weighted by atomic mass is 16.3. The Hall–Kier alpha value is -1.28. The largest absolute Gasteiger partial charge is 0.461 e. The molecular weight excluding hydrogens is 234 g/mol. The van der Waals surface area contributed by atoms with E-state index in [1.54, 1.807) is 0 Å². The van der Waals surface area contributed by atoms with Gasteiger partial charge in [-0.05, 0) is 37.4 Å². The van der Waals surface area contributed by atoms with Crippen LogP contribution in [0.5, 0.6) is 0 Å². The predicted molar refractivity (Wildman–Crippen MR) is 81.5 cm³/mol. The summed E-state index contributed by atoms with van der Waals surface area (Å²) in [5.41, 5.74) is 1.00. The van der Waals surface area contributed by atoms with E-state index in [4.69, 9.17) is 4.42 Å². The van der Waals surface area contributed by atoms with E-state index in [2.05, 4.69) is 44.3 Å². The molecule has 1 unspecified atom stereocenters. The standard InChI is InChI=1S/C17H25NO/c1-4-11-18-16(13(2)3)10-9-15-12-14-7-5-6-8-17(14)19-15/h5-8,12-13,16,18H,4,9-11H2,1-3H3. The quantitative estimate of drug-likeness (QED) is 0.797. The summed E-state index contributed by atoms with van der Waals surface area (Å²) in [5, 5.41) is 4.84. The third-order valence-corrected chi connectivity index (χ3v) is 3.64. The summed E-state index contributed by atoms with van der Waals surface area (Å²) in [6.07, 6.45) is 3.33. The minimum atomic E-state index is 0.577. The van der Waals surface area contributed by atoms with Crippen molar-refractivity contribution in [3.8, 4) is 0 Å². The molecule has 2 rings (SSSR count). The first-order valence-electron chi connectivity index (χ1n) is 7.41. The van der Waals surface area contributed by atoms with Gasteiger partial charge in [-0.3, -0.25) is 0 Å². The topological polar surface area (TPSA) is 25.2 Å². The van der Waals surface area contributed by atoms with Crippen LogP contribution in [0.1, 0.15) is 39.4 Å². The highest BCUT2D eigenvalue weighted by molar-refractivity contribution is 5.77. The molecule has 2 heteroatoms. The van der Waals surface area contributed by atoms with Crippen molar-refractivity contribution in [1.82, 2.24) is 5.32 Å². The number of fused-ring (bicyclic) bond motifs is 1. The third kappa shape index (κ3) is 3.84. The summed E-state index contributed by atoms with van der Waals surface area (Å²) < 4.78 is 5.87. The second kappa shape index (κ2) is 6.76. The first-order chi connectivity index (χ1) is 9.20. The molecule has 0 spiro atoms. The average Bonchev–Trinajstić information content (AvgIpc) is 2.81. The van der Waals surface area contributed by atoms with Crippen molar-refractivity contribution >= 4 is 11.0 Å². The van der Waals surface area contributed by atoms with Crippen molar-refractivity contribution in [1.29, 1.82) is 0 Å². The van der Waals surface area contributed by atoms with Crippen molar-refractivity contribution in [2.24, 2.45) is 5.92 Å². The van der Waals surface area contributed by atoms with Crippen LogP contribution in [-0.4, -0.2) is 12.6 Å². The van der Waals surface area contributed by atoms with Gasteiger partial charge in [0, 0.05) is 17.8 Å². The molecule has 1 aromatic heterocycles. The number of aryl methyl sites for hydroxylation is 1. The number of para-hydroxylation sites is 1. The molecule has 2 aromatic rings. The Kier molecular flexibility index (Phi) is 5.03. The van der Waals surface area contributed by atoms with E-state index in [0.717, 1.165) is 30.7 Å². The van der Waals surface area contributed by atoms with Crippen LogP contribution in [0.3, 0.4) is 0 Å². The van der Waals surface area contributed by atoms with E-state index in [0.29, 0.717) is 12.0 Å². The zero-order valence-electron chi connectivity index (χ0n) is 12.3. The summed E-state index contributed by atoms with van der Waals surface area (Å²) in [6, 6.07) is 11.0. The van der Waals surface area contributed by atoms with E-state index in [1.165, 1.54) is 11.8 Å². The summed E-state index contributed by atoms with van der Waals surface area (Å²) in [5.74, 6) is 1.76. The molecular formula is C17H25NO. The van der Waals surface area contributed by atoms with Crippen LogP contribution >= 0.6 is 0 Å². The Morgan fingerprint density at radius 3 is 2.68 bits per heavy atom. The van der Waals surface area contributed by atoms with Gasteiger partial charge in [-0.1, -0.05) is 39.0 Å². The maximum atomic E-state index is 5.87. The molecule has 0 aliphatic rings. The van der Waals surface area contributed by atoms with Gasteiger partial charge < -0.3 is 9.73 Å². The lowest BCUT2D eigenvalue weighted by Crippen LogP contribution is -2.34. The summed E-state index contributed by atoms with van der Waals surface area (Å²) in [4.78, 5) is 0. The Balaban J connectivity index is 1.96. The molecule has 0 radical (unpaired) electrons. The molecule has 1 atom stereocenters. The first-order valence-corrected chi connectivity index (χ1v) is 7.41. The van der Waals surface area contributed by atoms with Gasteiger partial charge in [0.1, 0.15) is 11.3 Å². The number of hydrogen-bond acceptors (Lipinski definition) is 2. The molecule has 0 saturated carbocycles. The minimum absolute atomic E-state index is 0.577. The zero-order valence-corrected chi connectivity index (χ0v) is 12.3. The molecule has 1 aromatic carbocycles. The Morgan fingerprint density at radius 2 is 2.00 bits per heavy atom. The van der Waals surface area contributed by atoms with E-state index in [-0.39, 0.29) is 0 Å². The van der Waals surface area contributed by atoms with Crippen molar-refractivity contribution in [3.05, 3.63) is 36.1 Å². The zero-order chi connectivity index (χ0) is 13.7. The van der Waals surface area contributed by atoms with Gasteiger partial charge in [0.25, 0.3) is 0 Å². The van der Waals surface area contributed by atoms with Gasteiger partial charge in [0.05, 0.1) is 0 Å². The molecule has 1 heterocycles. The molecule has 1 N–H and O–H groups in total. The maximum absolute atomic E-state index is 5.87. The lowest BCUT2D eigenvalue weighted by Gasteiger charge is -2.21. The highest BCUT2D eigenvalue weighted by Gasteiger charge is 2.13. The molecule has 2 nitrogen and oxygen atoms in total. The smallest absolute Gasteiger partial charge is 0.134 e. The normalized spacial score (nSPS) is 13.3. The molecule has 104 valence electrons. The maximum Gasteiger partial charge on any atom is 0.134 e. The molecule has 0 aliphatic heterocycles. The number of furan rings is 1. The van der Waals surface area contributed by atoms with Gasteiger partial charge >= 0.3 is 0 Å². The van der Waals surface area contributed by atoms with E-state index < -0.39 is 0 Å². The van der Waals surface area contributed by atoms with Gasteiger partial charge in [-0.2, -0.15) is 0 Å². The molecule has 0 aliphatic carbocycles. The van der Waals surface area contributed by atoms with Crippen molar-refractivity contribution in [2.75, 3.05) is 6.54 Å². The fourth-order valence-electron chi connectivity index (χ4n) is 2.46. The summed E-state index contributed by atoms with van der Waals surface area (Å²) in [7, 11) is 0. The second-order valence-corrected chi connectivity index (χ2v) is 5.59. The van der Waals surface area contributed by atoms with E-state index >= 15 is 0 Å². The van der Waals surface area contributed by atoms with Crippen molar-refractivity contribution in [2.45, 2.75) is 46.1 Å². The fourth-order valence-corrected chi connectivity index (χ4v) is 2.46. The second-order valence-electron chi connectivity index (χ2n) is 5.59. The van der Waals surface area contributed by atoms with Gasteiger partial charge in [0.15, 0.2) is 0 Å². The van der Waals surface area contributed by atoms with Crippen LogP contribution in [0.2, 0.25) is 0 Å². The van der Waals surface area contributed by atoms with Crippen LogP contribution in [0.15, 0.2) is 34.7 Å². The van der Waals surface area contributed by atoms with Crippen molar-refractivity contribution in [3.63, 3.8) is 0 Å². The highest BCUT2D eigenvalue weighted by Crippen LogP contribution is 2.21. The van der Waals surface area contributed by atoms with Crippen LogP contribution < -0.4 is 5.32 Å². The summed E-state index contributed by atoms with van der Waals surface area (Å²) >= 11 is 0. The van der Waals surface area contributed by atoms with Crippen molar-refractivity contribution < 1.29 is 4.42 Å². The minimum Gasteiger partial charge on any atom is -0.461 e. The Bertz CT molecular complexity index is 468. The molecule has 0 fully saturated rings. The number of hydrogen-bond donors (Lipinski definition) is 1. The van der Waals surface area contributed by atoms with Crippen LogP contribution in [0, 0.1) is 5.92 Å². The number of nitrogens with one attached hydrogen (secondary N) is 1. The monoisotopic (exact) mass is 259 g/mol. The number of benzene rings is 1. The van der Waals surface area contributed by atoms with Gasteiger partial charge in [-0.25, -0.2) is 0 Å². The van der Waals surface area contributed by atoms with E-state index in [9.17, 15) is 0 Å². The number of rotatable bonds is 7. The lowest BCUT2D eigenvalue weighted by molar-refractivity contribution is 0.368. The van der Waals surface area contributed by atoms with Gasteiger partial charge in [0.2, 0.25) is 0 Å². The van der Waals surface area contributed by atoms with Crippen LogP contribution in [-0.2, 0) is 6.42 Å². The van der Waals surface area contributed by atoms with E-state index in [1.807, 2.05) is 12.1 Å². The lowest BCUT2D eigenvalue weighted by atomic mass is 9.98. The molecule has 0 saturated heterocycles. The average molecular weight is 259 g/mol.